The molecule has 1 saturated carbocycles. The van der Waals surface area contributed by atoms with Crippen molar-refractivity contribution in [3.05, 3.63) is 47.4 Å². The van der Waals surface area contributed by atoms with Crippen LogP contribution in [-0.2, 0) is 6.54 Å². The fraction of sp³-hybridized carbons (Fsp3) is 0.421. The van der Waals surface area contributed by atoms with Crippen LogP contribution in [0.2, 0.25) is 0 Å². The summed E-state index contributed by atoms with van der Waals surface area (Å²) in [5.74, 6) is 0.472. The maximum absolute atomic E-state index is 12.5. The van der Waals surface area contributed by atoms with Gasteiger partial charge in [0.25, 0.3) is 5.91 Å². The molecule has 6 nitrogen and oxygen atoms in total. The van der Waals surface area contributed by atoms with Crippen molar-refractivity contribution in [1.82, 2.24) is 9.97 Å². The fourth-order valence-electron chi connectivity index (χ4n) is 3.20. The van der Waals surface area contributed by atoms with E-state index in [0.717, 1.165) is 29.7 Å². The molecule has 132 valence electrons. The van der Waals surface area contributed by atoms with E-state index in [9.17, 15) is 4.79 Å². The van der Waals surface area contributed by atoms with Crippen LogP contribution in [0.15, 0.2) is 30.6 Å². The van der Waals surface area contributed by atoms with Gasteiger partial charge in [0.1, 0.15) is 17.8 Å². The van der Waals surface area contributed by atoms with Gasteiger partial charge in [-0.2, -0.15) is 0 Å². The Morgan fingerprint density at radius 1 is 1.20 bits per heavy atom. The predicted octanol–water partition coefficient (Wildman–Crippen LogP) is 3.24. The van der Waals surface area contributed by atoms with Gasteiger partial charge < -0.3 is 16.4 Å². The zero-order valence-corrected chi connectivity index (χ0v) is 14.6. The van der Waals surface area contributed by atoms with Crippen molar-refractivity contribution in [2.75, 3.05) is 10.6 Å². The summed E-state index contributed by atoms with van der Waals surface area (Å²) in [5, 5.41) is 6.33. The number of benzene rings is 1. The second-order valence-corrected chi connectivity index (χ2v) is 6.58. The quantitative estimate of drug-likeness (QED) is 0.777. The highest BCUT2D eigenvalue weighted by Gasteiger charge is 2.15. The van der Waals surface area contributed by atoms with E-state index in [-0.39, 0.29) is 5.91 Å². The number of hydrogen-bond acceptors (Lipinski definition) is 5. The highest BCUT2D eigenvalue weighted by atomic mass is 16.1. The number of carbonyl (C=O) groups is 1. The van der Waals surface area contributed by atoms with Crippen molar-refractivity contribution in [3.8, 4) is 0 Å². The predicted molar refractivity (Wildman–Crippen MR) is 99.6 cm³/mol. The van der Waals surface area contributed by atoms with Gasteiger partial charge in [-0.15, -0.1) is 0 Å². The van der Waals surface area contributed by atoms with E-state index >= 15 is 0 Å². The molecule has 0 bridgehead atoms. The maximum atomic E-state index is 12.5. The third kappa shape index (κ3) is 4.54. The van der Waals surface area contributed by atoms with Gasteiger partial charge in [-0.1, -0.05) is 31.4 Å². The molecule has 1 amide bonds. The van der Waals surface area contributed by atoms with Gasteiger partial charge in [0.05, 0.1) is 0 Å². The van der Waals surface area contributed by atoms with Crippen LogP contribution in [0.1, 0.15) is 53.7 Å². The number of nitrogens with one attached hydrogen (secondary N) is 2. The van der Waals surface area contributed by atoms with E-state index in [2.05, 4.69) is 20.6 Å². The molecule has 6 heteroatoms. The SMILES string of the molecule is Cc1cc(CN)ccc1NC(=O)c1cc(NC2CCCCC2)ncn1. The number of nitrogens with two attached hydrogens (primary N) is 1. The molecule has 0 spiro atoms. The normalized spacial score (nSPS) is 15.0. The third-order valence-corrected chi connectivity index (χ3v) is 4.63. The van der Waals surface area contributed by atoms with Gasteiger partial charge in [-0.05, 0) is 37.0 Å². The first kappa shape index (κ1) is 17.4. The Bertz CT molecular complexity index is 740. The van der Waals surface area contributed by atoms with Crippen LogP contribution >= 0.6 is 0 Å². The van der Waals surface area contributed by atoms with Crippen LogP contribution < -0.4 is 16.4 Å². The lowest BCUT2D eigenvalue weighted by atomic mass is 9.95. The summed E-state index contributed by atoms with van der Waals surface area (Å²) in [6.07, 6.45) is 7.53. The first-order chi connectivity index (χ1) is 12.2. The Hall–Kier alpha value is -2.47. The minimum absolute atomic E-state index is 0.238. The van der Waals surface area contributed by atoms with Crippen molar-refractivity contribution >= 4 is 17.4 Å². The van der Waals surface area contributed by atoms with Crippen molar-refractivity contribution < 1.29 is 4.79 Å². The van der Waals surface area contributed by atoms with Gasteiger partial charge in [-0.3, -0.25) is 4.79 Å². The molecule has 1 fully saturated rings. The molecule has 4 N–H and O–H groups in total. The van der Waals surface area contributed by atoms with Crippen LogP contribution in [0, 0.1) is 6.92 Å². The molecule has 1 aromatic carbocycles. The average Bonchev–Trinajstić information content (AvgIpc) is 2.64. The van der Waals surface area contributed by atoms with E-state index in [0.29, 0.717) is 24.1 Å². The zero-order valence-electron chi connectivity index (χ0n) is 14.6. The number of amides is 1. The van der Waals surface area contributed by atoms with Gasteiger partial charge >= 0.3 is 0 Å². The van der Waals surface area contributed by atoms with Crippen LogP contribution in [0.4, 0.5) is 11.5 Å². The van der Waals surface area contributed by atoms with Gasteiger partial charge in [0.2, 0.25) is 0 Å². The Morgan fingerprint density at radius 3 is 2.72 bits per heavy atom. The second kappa shape index (κ2) is 8.07. The molecular formula is C19H25N5O. The van der Waals surface area contributed by atoms with Crippen molar-refractivity contribution in [2.24, 2.45) is 5.73 Å². The lowest BCUT2D eigenvalue weighted by Gasteiger charge is -2.23. The van der Waals surface area contributed by atoms with E-state index in [1.165, 1.54) is 25.6 Å². The van der Waals surface area contributed by atoms with Crippen LogP contribution in [-0.4, -0.2) is 21.9 Å². The van der Waals surface area contributed by atoms with Gasteiger partial charge in [-0.25, -0.2) is 9.97 Å². The van der Waals surface area contributed by atoms with Crippen LogP contribution in [0.3, 0.4) is 0 Å². The molecule has 0 aliphatic heterocycles. The van der Waals surface area contributed by atoms with Crippen molar-refractivity contribution in [3.63, 3.8) is 0 Å². The van der Waals surface area contributed by atoms with Gasteiger partial charge in [0.15, 0.2) is 0 Å². The summed E-state index contributed by atoms with van der Waals surface area (Å²) in [7, 11) is 0. The Balaban J connectivity index is 1.68. The summed E-state index contributed by atoms with van der Waals surface area (Å²) in [6.45, 7) is 2.43. The Kier molecular flexibility index (Phi) is 5.60. The zero-order chi connectivity index (χ0) is 17.6. The second-order valence-electron chi connectivity index (χ2n) is 6.58. The van der Waals surface area contributed by atoms with E-state index < -0.39 is 0 Å². The first-order valence-electron chi connectivity index (χ1n) is 8.85. The number of anilines is 2. The molecule has 2 aromatic rings. The number of nitrogens with zero attached hydrogens (tertiary/aromatic N) is 2. The highest BCUT2D eigenvalue weighted by molar-refractivity contribution is 6.03. The molecule has 0 saturated heterocycles. The summed E-state index contributed by atoms with van der Waals surface area (Å²) in [6, 6.07) is 7.92. The third-order valence-electron chi connectivity index (χ3n) is 4.63. The van der Waals surface area contributed by atoms with E-state index in [1.54, 1.807) is 6.07 Å². The number of carbonyl (C=O) groups excluding carboxylic acids is 1. The van der Waals surface area contributed by atoms with E-state index in [1.807, 2.05) is 25.1 Å². The first-order valence-corrected chi connectivity index (χ1v) is 8.85. The monoisotopic (exact) mass is 339 g/mol. The summed E-state index contributed by atoms with van der Waals surface area (Å²) < 4.78 is 0. The number of aryl methyl sites for hydroxylation is 1. The minimum Gasteiger partial charge on any atom is -0.367 e. The van der Waals surface area contributed by atoms with Crippen molar-refractivity contribution in [1.29, 1.82) is 0 Å². The molecule has 0 radical (unpaired) electrons. The summed E-state index contributed by atoms with van der Waals surface area (Å²) in [4.78, 5) is 20.9. The maximum Gasteiger partial charge on any atom is 0.274 e. The topological polar surface area (TPSA) is 92.9 Å². The molecule has 1 heterocycles. The standard InChI is InChI=1S/C19H25N5O/c1-13-9-14(11-20)7-8-16(13)24-19(25)17-10-18(22-12-21-17)23-15-5-3-2-4-6-15/h7-10,12,15H,2-6,11,20H2,1H3,(H,24,25)(H,21,22,23). The van der Waals surface area contributed by atoms with E-state index in [4.69, 9.17) is 5.73 Å². The van der Waals surface area contributed by atoms with Crippen LogP contribution in [0.25, 0.3) is 0 Å². The summed E-state index contributed by atoms with van der Waals surface area (Å²) >= 11 is 0. The average molecular weight is 339 g/mol. The molecule has 3 rings (SSSR count). The molecule has 25 heavy (non-hydrogen) atoms. The molecule has 1 aliphatic carbocycles. The van der Waals surface area contributed by atoms with Crippen LogP contribution in [0.5, 0.6) is 0 Å². The minimum atomic E-state index is -0.238. The molecular weight excluding hydrogens is 314 g/mol. The number of hydrogen-bond donors (Lipinski definition) is 3. The van der Waals surface area contributed by atoms with Crippen molar-refractivity contribution in [2.45, 2.75) is 51.6 Å². The highest BCUT2D eigenvalue weighted by Crippen LogP contribution is 2.21. The smallest absolute Gasteiger partial charge is 0.274 e. The lowest BCUT2D eigenvalue weighted by Crippen LogP contribution is -2.23. The number of rotatable bonds is 5. The molecule has 1 aromatic heterocycles. The Morgan fingerprint density at radius 2 is 2.00 bits per heavy atom. The molecule has 0 atom stereocenters. The lowest BCUT2D eigenvalue weighted by molar-refractivity contribution is 0.102. The fourth-order valence-corrected chi connectivity index (χ4v) is 3.20. The molecule has 1 aliphatic rings. The largest absolute Gasteiger partial charge is 0.367 e. The summed E-state index contributed by atoms with van der Waals surface area (Å²) in [5.41, 5.74) is 8.78. The number of aromatic nitrogens is 2. The molecule has 0 unspecified atom stereocenters. The van der Waals surface area contributed by atoms with Gasteiger partial charge in [0, 0.05) is 24.3 Å². The Labute approximate surface area is 148 Å².